The van der Waals surface area contributed by atoms with E-state index in [1.165, 1.54) is 18.0 Å². The van der Waals surface area contributed by atoms with Crippen LogP contribution >= 0.6 is 0 Å². The summed E-state index contributed by atoms with van der Waals surface area (Å²) < 4.78 is 26.7. The number of nitrogens with zero attached hydrogens (tertiary/aromatic N) is 1. The molecular formula is C21H23F2N3O2. The molecule has 1 fully saturated rings. The van der Waals surface area contributed by atoms with Gasteiger partial charge in [0.25, 0.3) is 0 Å². The van der Waals surface area contributed by atoms with Crippen LogP contribution in [-0.2, 0) is 17.9 Å². The fraction of sp³-hybridized carbons (Fsp3) is 0.333. The van der Waals surface area contributed by atoms with Crippen LogP contribution in [0.15, 0.2) is 42.5 Å². The normalized spacial score (nSPS) is 13.5. The number of amides is 3. The fourth-order valence-electron chi connectivity index (χ4n) is 2.96. The molecule has 1 aliphatic rings. The minimum atomic E-state index is -0.686. The summed E-state index contributed by atoms with van der Waals surface area (Å²) >= 11 is 0. The van der Waals surface area contributed by atoms with Crippen LogP contribution in [0.4, 0.5) is 19.3 Å². The molecule has 0 atom stereocenters. The van der Waals surface area contributed by atoms with Gasteiger partial charge in [-0.15, -0.1) is 0 Å². The lowest BCUT2D eigenvalue weighted by molar-refractivity contribution is -0.122. The summed E-state index contributed by atoms with van der Waals surface area (Å²) in [5.74, 6) is -1.20. The minimum Gasteiger partial charge on any atom is -0.334 e. The summed E-state index contributed by atoms with van der Waals surface area (Å²) in [4.78, 5) is 25.6. The Kier molecular flexibility index (Phi) is 6.23. The van der Waals surface area contributed by atoms with Crippen LogP contribution in [0.2, 0.25) is 0 Å². The number of carbonyl (C=O) groups is 2. The number of anilines is 1. The molecule has 3 rings (SSSR count). The first kappa shape index (κ1) is 19.8. The molecule has 1 saturated carbocycles. The third-order valence-corrected chi connectivity index (χ3v) is 4.88. The van der Waals surface area contributed by atoms with Crippen LogP contribution in [-0.4, -0.2) is 23.9 Å². The summed E-state index contributed by atoms with van der Waals surface area (Å²) in [6.45, 7) is 0.289. The highest BCUT2D eigenvalue weighted by molar-refractivity contribution is 5.93. The maximum atomic E-state index is 13.7. The molecule has 0 heterocycles. The zero-order chi connectivity index (χ0) is 20.1. The maximum Gasteiger partial charge on any atom is 0.317 e. The predicted molar refractivity (Wildman–Crippen MR) is 102 cm³/mol. The van der Waals surface area contributed by atoms with E-state index in [0.717, 1.165) is 37.0 Å². The van der Waals surface area contributed by atoms with Gasteiger partial charge in [-0.1, -0.05) is 24.6 Å². The first-order valence-electron chi connectivity index (χ1n) is 9.25. The van der Waals surface area contributed by atoms with Crippen LogP contribution in [0, 0.1) is 17.6 Å². The molecular weight excluding hydrogens is 364 g/mol. The fourth-order valence-corrected chi connectivity index (χ4v) is 2.96. The van der Waals surface area contributed by atoms with E-state index in [2.05, 4.69) is 10.6 Å². The summed E-state index contributed by atoms with van der Waals surface area (Å²) in [7, 11) is 1.54. The van der Waals surface area contributed by atoms with Gasteiger partial charge in [-0.25, -0.2) is 13.6 Å². The summed E-state index contributed by atoms with van der Waals surface area (Å²) in [5, 5.41) is 5.66. The molecule has 0 bridgehead atoms. The smallest absolute Gasteiger partial charge is 0.317 e. The molecule has 28 heavy (non-hydrogen) atoms. The molecule has 7 heteroatoms. The molecule has 2 aromatic rings. The van der Waals surface area contributed by atoms with Gasteiger partial charge >= 0.3 is 6.03 Å². The molecule has 0 unspecified atom stereocenters. The topological polar surface area (TPSA) is 61.4 Å². The van der Waals surface area contributed by atoms with Gasteiger partial charge in [0.15, 0.2) is 0 Å². The molecule has 3 amide bonds. The molecule has 0 aliphatic heterocycles. The van der Waals surface area contributed by atoms with E-state index in [0.29, 0.717) is 5.69 Å². The van der Waals surface area contributed by atoms with Gasteiger partial charge in [-0.3, -0.25) is 4.79 Å². The van der Waals surface area contributed by atoms with Crippen LogP contribution in [0.25, 0.3) is 0 Å². The van der Waals surface area contributed by atoms with Crippen molar-refractivity contribution in [2.45, 2.75) is 32.4 Å². The second kappa shape index (κ2) is 8.82. The molecule has 0 saturated heterocycles. The zero-order valence-electron chi connectivity index (χ0n) is 15.7. The molecule has 148 valence electrons. The lowest BCUT2D eigenvalue weighted by Gasteiger charge is -2.24. The van der Waals surface area contributed by atoms with E-state index < -0.39 is 11.6 Å². The largest absolute Gasteiger partial charge is 0.334 e. The molecule has 1 aliphatic carbocycles. The average molecular weight is 387 g/mol. The van der Waals surface area contributed by atoms with Gasteiger partial charge in [0.1, 0.15) is 11.6 Å². The molecule has 0 aromatic heterocycles. The van der Waals surface area contributed by atoms with Crippen molar-refractivity contribution in [1.82, 2.24) is 10.2 Å². The van der Waals surface area contributed by atoms with Crippen molar-refractivity contribution < 1.29 is 18.4 Å². The summed E-state index contributed by atoms with van der Waals surface area (Å²) in [6, 6.07) is 10.2. The summed E-state index contributed by atoms with van der Waals surface area (Å²) in [5.41, 5.74) is 1.77. The van der Waals surface area contributed by atoms with Crippen LogP contribution in [0.5, 0.6) is 0 Å². The second-order valence-corrected chi connectivity index (χ2v) is 7.07. The maximum absolute atomic E-state index is 13.7. The van der Waals surface area contributed by atoms with Gasteiger partial charge in [0, 0.05) is 43.4 Å². The Morgan fingerprint density at radius 3 is 2.61 bits per heavy atom. The molecule has 2 N–H and O–H groups in total. The van der Waals surface area contributed by atoms with E-state index in [-0.39, 0.29) is 36.5 Å². The molecule has 0 spiro atoms. The van der Waals surface area contributed by atoms with Crippen LogP contribution in [0.1, 0.15) is 30.4 Å². The van der Waals surface area contributed by atoms with Gasteiger partial charge < -0.3 is 15.5 Å². The highest BCUT2D eigenvalue weighted by Crippen LogP contribution is 2.27. The van der Waals surface area contributed by atoms with Gasteiger partial charge in [0.05, 0.1) is 0 Å². The van der Waals surface area contributed by atoms with Gasteiger partial charge in [0.2, 0.25) is 5.91 Å². The second-order valence-electron chi connectivity index (χ2n) is 7.07. The number of carbonyl (C=O) groups excluding carboxylic acids is 2. The Hall–Kier alpha value is -2.96. The van der Waals surface area contributed by atoms with E-state index >= 15 is 0 Å². The SMILES string of the molecule is CN(Cc1ccc(F)cc1F)C(=O)NCc1cccc(NC(=O)C2CCC2)c1. The Morgan fingerprint density at radius 1 is 1.14 bits per heavy atom. The number of rotatable bonds is 6. The third kappa shape index (κ3) is 5.06. The Bertz CT molecular complexity index is 868. The molecule has 2 aromatic carbocycles. The standard InChI is InChI=1S/C21H23F2N3O2/c1-26(13-16-8-9-17(22)11-19(16)23)21(28)24-12-14-4-2-7-18(10-14)25-20(27)15-5-3-6-15/h2,4,7-11,15H,3,5-6,12-13H2,1H3,(H,24,28)(H,25,27). The first-order chi connectivity index (χ1) is 13.4. The highest BCUT2D eigenvalue weighted by atomic mass is 19.1. The van der Waals surface area contributed by atoms with E-state index in [1.807, 2.05) is 24.3 Å². The Balaban J connectivity index is 1.52. The highest BCUT2D eigenvalue weighted by Gasteiger charge is 2.25. The van der Waals surface area contributed by atoms with Crippen molar-refractivity contribution in [3.63, 3.8) is 0 Å². The van der Waals surface area contributed by atoms with Gasteiger partial charge in [-0.05, 0) is 36.6 Å². The minimum absolute atomic E-state index is 0.0232. The van der Waals surface area contributed by atoms with Crippen molar-refractivity contribution in [2.24, 2.45) is 5.92 Å². The molecule has 5 nitrogen and oxygen atoms in total. The van der Waals surface area contributed by atoms with Crippen molar-refractivity contribution >= 4 is 17.6 Å². The number of benzene rings is 2. The summed E-state index contributed by atoms with van der Waals surface area (Å²) in [6.07, 6.45) is 2.96. The number of hydrogen-bond donors (Lipinski definition) is 2. The van der Waals surface area contributed by atoms with Crippen molar-refractivity contribution in [3.8, 4) is 0 Å². The average Bonchev–Trinajstić information content (AvgIpc) is 2.60. The third-order valence-electron chi connectivity index (χ3n) is 4.88. The van der Waals surface area contributed by atoms with E-state index in [9.17, 15) is 18.4 Å². The van der Waals surface area contributed by atoms with Gasteiger partial charge in [-0.2, -0.15) is 0 Å². The Labute approximate surface area is 162 Å². The number of urea groups is 1. The van der Waals surface area contributed by atoms with Crippen LogP contribution < -0.4 is 10.6 Å². The number of nitrogens with one attached hydrogen (secondary N) is 2. The number of hydrogen-bond acceptors (Lipinski definition) is 2. The predicted octanol–water partition coefficient (Wildman–Crippen LogP) is 4.05. The van der Waals surface area contributed by atoms with Crippen molar-refractivity contribution in [1.29, 1.82) is 0 Å². The van der Waals surface area contributed by atoms with E-state index in [1.54, 1.807) is 0 Å². The van der Waals surface area contributed by atoms with Crippen LogP contribution in [0.3, 0.4) is 0 Å². The quantitative estimate of drug-likeness (QED) is 0.786. The number of halogens is 2. The lowest BCUT2D eigenvalue weighted by Crippen LogP contribution is -2.36. The zero-order valence-corrected chi connectivity index (χ0v) is 15.7. The van der Waals surface area contributed by atoms with Crippen molar-refractivity contribution in [3.05, 3.63) is 65.2 Å². The van der Waals surface area contributed by atoms with E-state index in [4.69, 9.17) is 0 Å². The van der Waals surface area contributed by atoms with Crippen molar-refractivity contribution in [2.75, 3.05) is 12.4 Å². The lowest BCUT2D eigenvalue weighted by atomic mass is 9.85. The first-order valence-corrected chi connectivity index (χ1v) is 9.25. The Morgan fingerprint density at radius 2 is 1.93 bits per heavy atom. The monoisotopic (exact) mass is 387 g/mol. The molecule has 0 radical (unpaired) electrons.